The molecule has 0 radical (unpaired) electrons. The van der Waals surface area contributed by atoms with Gasteiger partial charge in [0.15, 0.2) is 8.32 Å². The van der Waals surface area contributed by atoms with Crippen molar-refractivity contribution in [2.45, 2.75) is 72.2 Å². The van der Waals surface area contributed by atoms with Crippen LogP contribution in [0, 0.1) is 5.41 Å². The quantitative estimate of drug-likeness (QED) is 0.391. The summed E-state index contributed by atoms with van der Waals surface area (Å²) in [4.78, 5) is 0. The third-order valence-electron chi connectivity index (χ3n) is 2.98. The Hall–Kier alpha value is 0.647. The van der Waals surface area contributed by atoms with Crippen LogP contribution in [0.5, 0.6) is 0 Å². The lowest BCUT2D eigenvalue weighted by molar-refractivity contribution is 0.0605. The average Bonchev–Trinajstić information content (AvgIpc) is 2.19. The number of unbranched alkanes of at least 4 members (excludes halogenated alkanes) is 1. The van der Waals surface area contributed by atoms with Gasteiger partial charge < -0.3 is 4.43 Å². The Balaban J connectivity index is 4.64. The van der Waals surface area contributed by atoms with Gasteiger partial charge in [0, 0.05) is 0 Å². The van der Waals surface area contributed by atoms with Crippen molar-refractivity contribution in [2.75, 3.05) is 0 Å². The molecule has 3 heteroatoms. The molecule has 0 spiro atoms. The first-order valence-corrected chi connectivity index (χ1v) is 11.3. The fourth-order valence-corrected chi connectivity index (χ4v) is 3.48. The van der Waals surface area contributed by atoms with Gasteiger partial charge in [-0.15, -0.1) is 0 Å². The van der Waals surface area contributed by atoms with Gasteiger partial charge in [-0.3, -0.25) is 0 Å². The van der Waals surface area contributed by atoms with E-state index in [2.05, 4.69) is 73.2 Å². The highest BCUT2D eigenvalue weighted by molar-refractivity contribution is 14.1. The summed E-state index contributed by atoms with van der Waals surface area (Å²) in [6.45, 7) is 13.8. The molecular formula is C14H29IOSi. The summed E-state index contributed by atoms with van der Waals surface area (Å²) < 4.78 is 8.49. The minimum absolute atomic E-state index is 0.284. The van der Waals surface area contributed by atoms with Crippen molar-refractivity contribution in [2.24, 2.45) is 5.41 Å². The van der Waals surface area contributed by atoms with E-state index < -0.39 is 8.32 Å². The lowest BCUT2D eigenvalue weighted by Crippen LogP contribution is -2.40. The molecule has 1 atom stereocenters. The minimum atomic E-state index is -1.46. The molecule has 0 aromatic carbocycles. The third kappa shape index (κ3) is 8.38. The largest absolute Gasteiger partial charge is 0.414 e. The molecule has 0 aliphatic carbocycles. The van der Waals surface area contributed by atoms with Crippen molar-refractivity contribution in [1.82, 2.24) is 0 Å². The topological polar surface area (TPSA) is 9.23 Å². The van der Waals surface area contributed by atoms with Gasteiger partial charge in [-0.1, -0.05) is 62.3 Å². The standard InChI is InChI=1S/C14H29IOSi/c1-7-8-11-14(2,3)13(10-9-12-15)16-17(4,5)6/h9,12-13H,7-8,10-11H2,1-6H3/b12-9+. The summed E-state index contributed by atoms with van der Waals surface area (Å²) in [6.07, 6.45) is 7.47. The van der Waals surface area contributed by atoms with E-state index in [9.17, 15) is 0 Å². The highest BCUT2D eigenvalue weighted by Crippen LogP contribution is 2.33. The van der Waals surface area contributed by atoms with Gasteiger partial charge in [0.05, 0.1) is 6.10 Å². The van der Waals surface area contributed by atoms with E-state index in [1.807, 2.05) is 0 Å². The lowest BCUT2D eigenvalue weighted by atomic mass is 9.80. The van der Waals surface area contributed by atoms with E-state index in [0.717, 1.165) is 6.42 Å². The molecule has 0 aliphatic heterocycles. The van der Waals surface area contributed by atoms with Crippen LogP contribution < -0.4 is 0 Å². The minimum Gasteiger partial charge on any atom is -0.414 e. The smallest absolute Gasteiger partial charge is 0.184 e. The zero-order valence-corrected chi connectivity index (χ0v) is 15.5. The molecule has 0 bridgehead atoms. The van der Waals surface area contributed by atoms with Crippen molar-refractivity contribution >= 4 is 30.9 Å². The molecule has 0 rings (SSSR count). The van der Waals surface area contributed by atoms with Gasteiger partial charge >= 0.3 is 0 Å². The van der Waals surface area contributed by atoms with Crippen LogP contribution in [0.1, 0.15) is 46.5 Å². The second-order valence-corrected chi connectivity index (χ2v) is 11.6. The SMILES string of the molecule is CCCCC(C)(C)C(C/C=C/I)O[Si](C)(C)C. The maximum Gasteiger partial charge on any atom is 0.184 e. The van der Waals surface area contributed by atoms with Crippen LogP contribution in [-0.2, 0) is 4.43 Å². The second kappa shape index (κ2) is 7.95. The summed E-state index contributed by atoms with van der Waals surface area (Å²) in [5, 5.41) is 0. The summed E-state index contributed by atoms with van der Waals surface area (Å²) in [7, 11) is -1.46. The van der Waals surface area contributed by atoms with E-state index in [1.165, 1.54) is 19.3 Å². The predicted octanol–water partition coefficient (Wildman–Crippen LogP) is 5.76. The summed E-state index contributed by atoms with van der Waals surface area (Å²) >= 11 is 2.29. The van der Waals surface area contributed by atoms with Crippen LogP contribution in [0.25, 0.3) is 0 Å². The number of hydrogen-bond acceptors (Lipinski definition) is 1. The summed E-state index contributed by atoms with van der Waals surface area (Å²) in [5.74, 6) is 0. The van der Waals surface area contributed by atoms with Gasteiger partial charge in [0.1, 0.15) is 0 Å². The van der Waals surface area contributed by atoms with Crippen molar-refractivity contribution in [1.29, 1.82) is 0 Å². The summed E-state index contributed by atoms with van der Waals surface area (Å²) in [6, 6.07) is 0. The zero-order valence-electron chi connectivity index (χ0n) is 12.3. The number of rotatable bonds is 8. The van der Waals surface area contributed by atoms with Crippen LogP contribution in [-0.4, -0.2) is 14.4 Å². The molecule has 1 nitrogen and oxygen atoms in total. The maximum atomic E-state index is 6.39. The maximum absolute atomic E-state index is 6.39. The molecule has 102 valence electrons. The Morgan fingerprint density at radius 3 is 2.29 bits per heavy atom. The molecular weight excluding hydrogens is 339 g/mol. The van der Waals surface area contributed by atoms with E-state index in [0.29, 0.717) is 6.10 Å². The predicted molar refractivity (Wildman–Crippen MR) is 89.3 cm³/mol. The van der Waals surface area contributed by atoms with Crippen molar-refractivity contribution in [3.05, 3.63) is 10.2 Å². The molecule has 17 heavy (non-hydrogen) atoms. The van der Waals surface area contributed by atoms with Crippen molar-refractivity contribution in [3.63, 3.8) is 0 Å². The van der Waals surface area contributed by atoms with Crippen molar-refractivity contribution < 1.29 is 4.43 Å². The molecule has 0 aliphatic rings. The Kier molecular flexibility index (Phi) is 8.25. The highest BCUT2D eigenvalue weighted by Gasteiger charge is 2.32. The van der Waals surface area contributed by atoms with Gasteiger partial charge in [0.25, 0.3) is 0 Å². The Morgan fingerprint density at radius 1 is 1.29 bits per heavy atom. The first-order chi connectivity index (χ1) is 7.73. The monoisotopic (exact) mass is 368 g/mol. The Labute approximate surface area is 123 Å². The van der Waals surface area contributed by atoms with Crippen LogP contribution in [0.15, 0.2) is 10.2 Å². The molecule has 0 fully saturated rings. The fourth-order valence-electron chi connectivity index (χ4n) is 1.92. The Morgan fingerprint density at radius 2 is 1.88 bits per heavy atom. The Bertz CT molecular complexity index is 231. The zero-order chi connectivity index (χ0) is 13.5. The van der Waals surface area contributed by atoms with Gasteiger partial charge in [-0.05, 0) is 42.0 Å². The summed E-state index contributed by atoms with van der Waals surface area (Å²) in [5.41, 5.74) is 0.284. The lowest BCUT2D eigenvalue weighted by Gasteiger charge is -2.38. The first-order valence-electron chi connectivity index (χ1n) is 6.66. The van der Waals surface area contributed by atoms with Gasteiger partial charge in [-0.2, -0.15) is 0 Å². The average molecular weight is 368 g/mol. The van der Waals surface area contributed by atoms with Gasteiger partial charge in [-0.25, -0.2) is 0 Å². The third-order valence-corrected chi connectivity index (χ3v) is 4.48. The molecule has 0 heterocycles. The van der Waals surface area contributed by atoms with Crippen molar-refractivity contribution in [3.8, 4) is 0 Å². The molecule has 0 saturated carbocycles. The second-order valence-electron chi connectivity index (χ2n) is 6.41. The van der Waals surface area contributed by atoms with Crippen LogP contribution in [0.3, 0.4) is 0 Å². The number of halogens is 1. The molecule has 0 aromatic rings. The molecule has 1 unspecified atom stereocenters. The van der Waals surface area contributed by atoms with Gasteiger partial charge in [0.2, 0.25) is 0 Å². The molecule has 0 N–H and O–H groups in total. The molecule has 0 saturated heterocycles. The van der Waals surface area contributed by atoms with E-state index in [-0.39, 0.29) is 5.41 Å². The first kappa shape index (κ1) is 17.6. The van der Waals surface area contributed by atoms with E-state index >= 15 is 0 Å². The molecule has 0 aromatic heterocycles. The normalized spacial score (nSPS) is 15.5. The van der Waals surface area contributed by atoms with Crippen LogP contribution >= 0.6 is 22.6 Å². The van der Waals surface area contributed by atoms with E-state index in [4.69, 9.17) is 4.43 Å². The van der Waals surface area contributed by atoms with Crippen LogP contribution in [0.2, 0.25) is 19.6 Å². The van der Waals surface area contributed by atoms with E-state index in [1.54, 1.807) is 0 Å². The number of hydrogen-bond donors (Lipinski definition) is 0. The van der Waals surface area contributed by atoms with Crippen LogP contribution in [0.4, 0.5) is 0 Å². The highest BCUT2D eigenvalue weighted by atomic mass is 127. The fraction of sp³-hybridized carbons (Fsp3) is 0.857. The molecule has 0 amide bonds.